The van der Waals surface area contributed by atoms with Crippen LogP contribution in [0.5, 0.6) is 0 Å². The predicted octanol–water partition coefficient (Wildman–Crippen LogP) is -0.881. The Balaban J connectivity index is 4.07. The normalized spacial score (nSPS) is 15.8. The topological polar surface area (TPSA) is 101 Å². The average molecular weight is 147 g/mol. The Bertz CT molecular complexity index is 138. The van der Waals surface area contributed by atoms with Crippen LogP contribution in [0.15, 0.2) is 0 Å². The fraction of sp³-hybridized carbons (Fsp3) is 0.600. The Hall–Kier alpha value is -1.10. The number of hydrogen-bond donors (Lipinski definition) is 3. The van der Waals surface area contributed by atoms with E-state index in [1.165, 1.54) is 6.92 Å². The zero-order chi connectivity index (χ0) is 8.31. The molecule has 0 saturated carbocycles. The summed E-state index contributed by atoms with van der Waals surface area (Å²) in [7, 11) is 0. The lowest BCUT2D eigenvalue weighted by Crippen LogP contribution is -2.40. The van der Waals surface area contributed by atoms with E-state index in [9.17, 15) is 9.59 Å². The third kappa shape index (κ3) is 2.02. The zero-order valence-corrected chi connectivity index (χ0v) is 5.44. The molecule has 0 rings (SSSR count). The van der Waals surface area contributed by atoms with Gasteiger partial charge in [0.05, 0.1) is 5.92 Å². The van der Waals surface area contributed by atoms with Crippen molar-refractivity contribution >= 4 is 11.9 Å². The van der Waals surface area contributed by atoms with Crippen molar-refractivity contribution in [3.8, 4) is 0 Å². The van der Waals surface area contributed by atoms with E-state index in [2.05, 4.69) is 0 Å². The summed E-state index contributed by atoms with van der Waals surface area (Å²) in [6.07, 6.45) is 0. The lowest BCUT2D eigenvalue weighted by atomic mass is 10.0. The first-order valence-corrected chi connectivity index (χ1v) is 2.68. The van der Waals surface area contributed by atoms with Crippen LogP contribution in [0.3, 0.4) is 0 Å². The predicted molar refractivity (Wildman–Crippen MR) is 32.4 cm³/mol. The van der Waals surface area contributed by atoms with E-state index in [0.717, 1.165) is 0 Å². The summed E-state index contributed by atoms with van der Waals surface area (Å²) in [5.74, 6) is -3.54. The Morgan fingerprint density at radius 3 is 1.80 bits per heavy atom. The number of aliphatic carboxylic acids is 2. The van der Waals surface area contributed by atoms with E-state index >= 15 is 0 Å². The van der Waals surface area contributed by atoms with Gasteiger partial charge in [-0.1, -0.05) is 0 Å². The quantitative estimate of drug-likeness (QED) is 0.481. The molecule has 58 valence electrons. The van der Waals surface area contributed by atoms with Crippen molar-refractivity contribution in [3.05, 3.63) is 0 Å². The molecule has 4 N–H and O–H groups in total. The van der Waals surface area contributed by atoms with Crippen molar-refractivity contribution in [3.63, 3.8) is 0 Å². The lowest BCUT2D eigenvalue weighted by molar-refractivity contribution is -0.149. The Labute approximate surface area is 57.5 Å². The molecule has 0 aromatic heterocycles. The van der Waals surface area contributed by atoms with E-state index in [4.69, 9.17) is 15.9 Å². The average Bonchev–Trinajstić information content (AvgIpc) is 1.84. The fourth-order valence-electron chi connectivity index (χ4n) is 0.367. The van der Waals surface area contributed by atoms with Crippen molar-refractivity contribution in [2.24, 2.45) is 11.7 Å². The summed E-state index contributed by atoms with van der Waals surface area (Å²) in [5, 5.41) is 16.5. The van der Waals surface area contributed by atoms with E-state index in [1.807, 2.05) is 0 Å². The minimum Gasteiger partial charge on any atom is -0.481 e. The molecular formula is C5H9NO4. The molecule has 1 unspecified atom stereocenters. The van der Waals surface area contributed by atoms with Crippen molar-refractivity contribution in [2.75, 3.05) is 0 Å². The van der Waals surface area contributed by atoms with Crippen LogP contribution in [0.4, 0.5) is 0 Å². The summed E-state index contributed by atoms with van der Waals surface area (Å²) in [6, 6.07) is -1.32. The van der Waals surface area contributed by atoms with Crippen LogP contribution in [0.1, 0.15) is 6.92 Å². The molecule has 0 aliphatic rings. The number of nitrogens with two attached hydrogens (primary N) is 1. The van der Waals surface area contributed by atoms with Gasteiger partial charge >= 0.3 is 11.9 Å². The van der Waals surface area contributed by atoms with Gasteiger partial charge < -0.3 is 15.9 Å². The first-order chi connectivity index (χ1) is 4.46. The molecule has 0 aromatic carbocycles. The highest BCUT2D eigenvalue weighted by Gasteiger charge is 2.25. The zero-order valence-electron chi connectivity index (χ0n) is 5.44. The Kier molecular flexibility index (Phi) is 2.82. The largest absolute Gasteiger partial charge is 0.481 e. The number of carboxylic acids is 2. The van der Waals surface area contributed by atoms with Crippen LogP contribution >= 0.6 is 0 Å². The van der Waals surface area contributed by atoms with Crippen LogP contribution in [0, 0.1) is 5.92 Å². The van der Waals surface area contributed by atoms with E-state index in [-0.39, 0.29) is 0 Å². The molecule has 0 amide bonds. The van der Waals surface area contributed by atoms with Crippen molar-refractivity contribution in [2.45, 2.75) is 13.0 Å². The number of carboxylic acid groups (broad SMARTS) is 2. The molecule has 2 atom stereocenters. The first-order valence-electron chi connectivity index (χ1n) is 2.68. The summed E-state index contributed by atoms with van der Waals surface area (Å²) in [6.45, 7) is 1.25. The van der Waals surface area contributed by atoms with Crippen LogP contribution in [-0.2, 0) is 9.59 Å². The van der Waals surface area contributed by atoms with Gasteiger partial charge in [0, 0.05) is 0 Å². The molecule has 0 spiro atoms. The molecule has 0 aliphatic carbocycles. The van der Waals surface area contributed by atoms with Crippen molar-refractivity contribution in [1.82, 2.24) is 0 Å². The van der Waals surface area contributed by atoms with Crippen LogP contribution in [0.2, 0.25) is 0 Å². The smallest absolute Gasteiger partial charge is 0.321 e. The van der Waals surface area contributed by atoms with Gasteiger partial charge in [-0.25, -0.2) is 0 Å². The Morgan fingerprint density at radius 2 is 1.70 bits per heavy atom. The SMILES string of the molecule is CC(C(=O)O)[C@@H](N)C(=O)O. The molecule has 0 aliphatic heterocycles. The van der Waals surface area contributed by atoms with Gasteiger partial charge in [-0.2, -0.15) is 0 Å². The second-order valence-electron chi connectivity index (χ2n) is 1.99. The fourth-order valence-corrected chi connectivity index (χ4v) is 0.367. The summed E-state index contributed by atoms with van der Waals surface area (Å²) in [5.41, 5.74) is 4.98. The maximum atomic E-state index is 10.1. The van der Waals surface area contributed by atoms with Crippen LogP contribution in [-0.4, -0.2) is 28.2 Å². The van der Waals surface area contributed by atoms with Gasteiger partial charge in [-0.15, -0.1) is 0 Å². The molecule has 0 fully saturated rings. The minimum absolute atomic E-state index is 1.04. The van der Waals surface area contributed by atoms with Crippen molar-refractivity contribution < 1.29 is 19.8 Å². The van der Waals surface area contributed by atoms with Crippen LogP contribution in [0.25, 0.3) is 0 Å². The molecule has 0 saturated heterocycles. The van der Waals surface area contributed by atoms with E-state index in [1.54, 1.807) is 0 Å². The molecule has 5 heteroatoms. The van der Waals surface area contributed by atoms with Crippen molar-refractivity contribution in [1.29, 1.82) is 0 Å². The maximum Gasteiger partial charge on any atom is 0.321 e. The highest BCUT2D eigenvalue weighted by atomic mass is 16.4. The third-order valence-electron chi connectivity index (χ3n) is 1.21. The second kappa shape index (κ2) is 3.17. The molecule has 0 radical (unpaired) electrons. The molecular weight excluding hydrogens is 138 g/mol. The van der Waals surface area contributed by atoms with E-state index < -0.39 is 23.9 Å². The van der Waals surface area contributed by atoms with Crippen LogP contribution < -0.4 is 5.73 Å². The maximum absolute atomic E-state index is 10.1. The number of hydrogen-bond acceptors (Lipinski definition) is 3. The molecule has 0 bridgehead atoms. The minimum atomic E-state index is -1.32. The van der Waals surface area contributed by atoms with Gasteiger partial charge in [0.2, 0.25) is 0 Å². The number of carbonyl (C=O) groups is 2. The summed E-state index contributed by atoms with van der Waals surface area (Å²) < 4.78 is 0. The van der Waals surface area contributed by atoms with Gasteiger partial charge in [0.25, 0.3) is 0 Å². The van der Waals surface area contributed by atoms with E-state index in [0.29, 0.717) is 0 Å². The van der Waals surface area contributed by atoms with Gasteiger partial charge in [0.1, 0.15) is 6.04 Å². The highest BCUT2D eigenvalue weighted by Crippen LogP contribution is 1.99. The molecule has 5 nitrogen and oxygen atoms in total. The van der Waals surface area contributed by atoms with Gasteiger partial charge in [-0.3, -0.25) is 9.59 Å². The summed E-state index contributed by atoms with van der Waals surface area (Å²) >= 11 is 0. The Morgan fingerprint density at radius 1 is 1.30 bits per heavy atom. The molecule has 0 heterocycles. The monoisotopic (exact) mass is 147 g/mol. The molecule has 0 aromatic rings. The number of rotatable bonds is 3. The van der Waals surface area contributed by atoms with Gasteiger partial charge in [-0.05, 0) is 6.92 Å². The standard InChI is InChI=1S/C5H9NO4/c1-2(4(7)8)3(6)5(9)10/h2-3H,6H2,1H3,(H,7,8)(H,9,10)/t2?,3-/m1/s1. The summed E-state index contributed by atoms with van der Waals surface area (Å²) in [4.78, 5) is 20.2. The third-order valence-corrected chi connectivity index (χ3v) is 1.21. The molecule has 10 heavy (non-hydrogen) atoms. The van der Waals surface area contributed by atoms with Gasteiger partial charge in [0.15, 0.2) is 0 Å². The second-order valence-corrected chi connectivity index (χ2v) is 1.99. The lowest BCUT2D eigenvalue weighted by Gasteiger charge is -2.09. The highest BCUT2D eigenvalue weighted by molar-refractivity contribution is 5.82. The first kappa shape index (κ1) is 8.90.